The maximum atomic E-state index is 12.7. The van der Waals surface area contributed by atoms with Crippen LogP contribution in [0.25, 0.3) is 0 Å². The summed E-state index contributed by atoms with van der Waals surface area (Å²) in [7, 11) is 0. The molecule has 0 saturated heterocycles. The molecule has 3 N–H and O–H groups in total. The molecule has 2 atom stereocenters. The van der Waals surface area contributed by atoms with Crippen molar-refractivity contribution in [3.63, 3.8) is 0 Å². The first kappa shape index (κ1) is 11.1. The number of nitrogens with zero attached hydrogens (tertiary/aromatic N) is 1. The van der Waals surface area contributed by atoms with Gasteiger partial charge in [-0.2, -0.15) is 4.39 Å². The van der Waals surface area contributed by atoms with Crippen LogP contribution >= 0.6 is 0 Å². The first-order chi connectivity index (χ1) is 6.56. The average Bonchev–Trinajstić information content (AvgIpc) is 2.15. The highest BCUT2D eigenvalue weighted by molar-refractivity contribution is 5.22. The van der Waals surface area contributed by atoms with Crippen LogP contribution in [0.15, 0.2) is 12.1 Å². The van der Waals surface area contributed by atoms with Crippen LogP contribution in [-0.4, -0.2) is 16.1 Å². The zero-order chi connectivity index (χ0) is 10.7. The fourth-order valence-corrected chi connectivity index (χ4v) is 1.31. The van der Waals surface area contributed by atoms with Gasteiger partial charge in [-0.05, 0) is 19.4 Å². The van der Waals surface area contributed by atoms with E-state index in [-0.39, 0.29) is 6.04 Å². The number of pyridine rings is 1. The highest BCUT2D eigenvalue weighted by Crippen LogP contribution is 2.19. The van der Waals surface area contributed by atoms with E-state index in [4.69, 9.17) is 5.73 Å². The van der Waals surface area contributed by atoms with E-state index in [1.807, 2.05) is 6.92 Å². The minimum atomic E-state index is -0.770. The van der Waals surface area contributed by atoms with Crippen LogP contribution < -0.4 is 5.73 Å². The summed E-state index contributed by atoms with van der Waals surface area (Å²) in [4.78, 5) is 3.63. The van der Waals surface area contributed by atoms with Crippen molar-refractivity contribution in [2.75, 3.05) is 0 Å². The zero-order valence-corrected chi connectivity index (χ0v) is 8.37. The molecule has 3 nitrogen and oxygen atoms in total. The van der Waals surface area contributed by atoms with E-state index in [1.54, 1.807) is 6.92 Å². The summed E-state index contributed by atoms with van der Waals surface area (Å²) in [5, 5.41) is 9.77. The highest BCUT2D eigenvalue weighted by atomic mass is 19.1. The molecule has 4 heteroatoms. The molecule has 0 aliphatic carbocycles. The number of aryl methyl sites for hydroxylation is 1. The Morgan fingerprint density at radius 2 is 2.21 bits per heavy atom. The summed E-state index contributed by atoms with van der Waals surface area (Å²) in [6, 6.07) is 2.42. The Kier molecular flexibility index (Phi) is 3.55. The van der Waals surface area contributed by atoms with E-state index in [9.17, 15) is 9.50 Å². The molecule has 1 heterocycles. The molecule has 0 bridgehead atoms. The van der Waals surface area contributed by atoms with Crippen molar-refractivity contribution in [1.82, 2.24) is 4.98 Å². The molecule has 78 valence electrons. The molecule has 1 rings (SSSR count). The van der Waals surface area contributed by atoms with Gasteiger partial charge in [0.1, 0.15) is 0 Å². The molecule has 0 saturated carbocycles. The van der Waals surface area contributed by atoms with Crippen LogP contribution in [0, 0.1) is 12.9 Å². The quantitative estimate of drug-likeness (QED) is 0.720. The monoisotopic (exact) mass is 198 g/mol. The smallest absolute Gasteiger partial charge is 0.213 e. The lowest BCUT2D eigenvalue weighted by Gasteiger charge is -2.18. The van der Waals surface area contributed by atoms with Crippen LogP contribution in [0.3, 0.4) is 0 Å². The molecule has 1 aromatic rings. The molecule has 0 spiro atoms. The number of hydrogen-bond donors (Lipinski definition) is 2. The van der Waals surface area contributed by atoms with Gasteiger partial charge >= 0.3 is 0 Å². The van der Waals surface area contributed by atoms with Crippen LogP contribution in [0.5, 0.6) is 0 Å². The number of halogens is 1. The first-order valence-electron chi connectivity index (χ1n) is 4.63. The van der Waals surface area contributed by atoms with Crippen molar-refractivity contribution in [1.29, 1.82) is 0 Å². The first-order valence-corrected chi connectivity index (χ1v) is 4.63. The second-order valence-corrected chi connectivity index (χ2v) is 3.33. The maximum absolute atomic E-state index is 12.7. The maximum Gasteiger partial charge on any atom is 0.213 e. The number of aromatic nitrogens is 1. The third-order valence-corrected chi connectivity index (χ3v) is 2.29. The molecular formula is C10H15FN2O. The van der Waals surface area contributed by atoms with E-state index in [1.165, 1.54) is 12.1 Å². The fourth-order valence-electron chi connectivity index (χ4n) is 1.31. The number of aliphatic hydroxyl groups excluding tert-OH is 1. The summed E-state index contributed by atoms with van der Waals surface area (Å²) < 4.78 is 12.7. The van der Waals surface area contributed by atoms with Crippen LogP contribution in [0.1, 0.15) is 30.7 Å². The zero-order valence-electron chi connectivity index (χ0n) is 8.37. The Hall–Kier alpha value is -1.00. The summed E-state index contributed by atoms with van der Waals surface area (Å²) in [5.41, 5.74) is 6.77. The fraction of sp³-hybridized carbons (Fsp3) is 0.500. The highest BCUT2D eigenvalue weighted by Gasteiger charge is 2.17. The SMILES string of the molecule is CC[C@H](N)[C@@H](O)c1ccc(F)nc1C. The largest absolute Gasteiger partial charge is 0.387 e. The second-order valence-electron chi connectivity index (χ2n) is 3.33. The normalized spacial score (nSPS) is 15.2. The van der Waals surface area contributed by atoms with Crippen LogP contribution in [0.2, 0.25) is 0 Å². The average molecular weight is 198 g/mol. The van der Waals surface area contributed by atoms with Gasteiger partial charge in [-0.1, -0.05) is 13.0 Å². The van der Waals surface area contributed by atoms with Gasteiger partial charge in [0.2, 0.25) is 5.95 Å². The lowest BCUT2D eigenvalue weighted by molar-refractivity contribution is 0.143. The lowest BCUT2D eigenvalue weighted by Crippen LogP contribution is -2.28. The molecule has 0 radical (unpaired) electrons. The van der Waals surface area contributed by atoms with Gasteiger partial charge in [-0.15, -0.1) is 0 Å². The predicted octanol–water partition coefficient (Wildman–Crippen LogP) is 1.30. The van der Waals surface area contributed by atoms with E-state index < -0.39 is 12.1 Å². The van der Waals surface area contributed by atoms with Gasteiger partial charge in [0.15, 0.2) is 0 Å². The third kappa shape index (κ3) is 2.27. The molecule has 0 unspecified atom stereocenters. The summed E-state index contributed by atoms with van der Waals surface area (Å²) in [6.45, 7) is 3.55. The Bertz CT molecular complexity index is 317. The van der Waals surface area contributed by atoms with Gasteiger partial charge in [0.05, 0.1) is 6.10 Å². The van der Waals surface area contributed by atoms with Gasteiger partial charge in [-0.25, -0.2) is 4.98 Å². The predicted molar refractivity (Wildman–Crippen MR) is 52.2 cm³/mol. The van der Waals surface area contributed by atoms with Gasteiger partial charge in [0.25, 0.3) is 0 Å². The Morgan fingerprint density at radius 1 is 1.57 bits per heavy atom. The Balaban J connectivity index is 2.95. The summed E-state index contributed by atoms with van der Waals surface area (Å²) in [5.74, 6) is -0.538. The molecule has 0 aliphatic rings. The van der Waals surface area contributed by atoms with Crippen molar-refractivity contribution in [3.05, 3.63) is 29.3 Å². The molecule has 0 fully saturated rings. The minimum absolute atomic E-state index is 0.332. The number of aliphatic hydroxyl groups is 1. The molecular weight excluding hydrogens is 183 g/mol. The van der Waals surface area contributed by atoms with Crippen LogP contribution in [-0.2, 0) is 0 Å². The summed E-state index contributed by atoms with van der Waals surface area (Å²) >= 11 is 0. The number of hydrogen-bond acceptors (Lipinski definition) is 3. The number of nitrogens with two attached hydrogens (primary N) is 1. The van der Waals surface area contributed by atoms with Crippen molar-refractivity contribution in [3.8, 4) is 0 Å². The molecule has 1 aromatic heterocycles. The third-order valence-electron chi connectivity index (χ3n) is 2.29. The van der Waals surface area contributed by atoms with Crippen molar-refractivity contribution in [2.45, 2.75) is 32.4 Å². The van der Waals surface area contributed by atoms with Crippen molar-refractivity contribution in [2.24, 2.45) is 5.73 Å². The van der Waals surface area contributed by atoms with E-state index in [0.717, 1.165) is 0 Å². The lowest BCUT2D eigenvalue weighted by atomic mass is 10.0. The molecule has 0 aliphatic heterocycles. The van der Waals surface area contributed by atoms with Crippen molar-refractivity contribution < 1.29 is 9.50 Å². The van der Waals surface area contributed by atoms with Gasteiger partial charge in [-0.3, -0.25) is 0 Å². The van der Waals surface area contributed by atoms with Gasteiger partial charge in [0, 0.05) is 17.3 Å². The molecule has 0 amide bonds. The van der Waals surface area contributed by atoms with E-state index in [0.29, 0.717) is 17.7 Å². The van der Waals surface area contributed by atoms with Gasteiger partial charge < -0.3 is 10.8 Å². The van der Waals surface area contributed by atoms with E-state index in [2.05, 4.69) is 4.98 Å². The summed E-state index contributed by atoms with van der Waals surface area (Å²) in [6.07, 6.45) is -0.106. The van der Waals surface area contributed by atoms with E-state index >= 15 is 0 Å². The van der Waals surface area contributed by atoms with Crippen LogP contribution in [0.4, 0.5) is 4.39 Å². The standard InChI is InChI=1S/C10H15FN2O/c1-3-8(12)10(14)7-4-5-9(11)13-6(7)2/h4-5,8,10,14H,3,12H2,1-2H3/t8-,10-/m0/s1. The Morgan fingerprint density at radius 3 is 2.71 bits per heavy atom. The second kappa shape index (κ2) is 4.48. The molecule has 0 aromatic carbocycles. The Labute approximate surface area is 82.8 Å². The minimum Gasteiger partial charge on any atom is -0.387 e. The number of rotatable bonds is 3. The molecule has 14 heavy (non-hydrogen) atoms. The topological polar surface area (TPSA) is 59.1 Å². The van der Waals surface area contributed by atoms with Crippen molar-refractivity contribution >= 4 is 0 Å².